The monoisotopic (exact) mass is 571 g/mol. The molecule has 7 rings (SSSR count). The minimum absolute atomic E-state index is 0.0962. The number of nitrogens with one attached hydrogen (secondary N) is 2. The maximum absolute atomic E-state index is 11.8. The van der Waals surface area contributed by atoms with Crippen molar-refractivity contribution in [2.45, 2.75) is 37.6 Å². The van der Waals surface area contributed by atoms with E-state index < -0.39 is 20.1 Å². The van der Waals surface area contributed by atoms with Crippen molar-refractivity contribution < 1.29 is 9.53 Å². The third-order valence-corrected chi connectivity index (χ3v) is 14.0. The molecule has 1 unspecified atom stereocenters. The fourth-order valence-electron chi connectivity index (χ4n) is 5.69. The zero-order chi connectivity index (χ0) is 23.2. The zero-order valence-corrected chi connectivity index (χ0v) is 21.5. The molecule has 3 aromatic rings. The molecular weight excluding hydrogens is 545 g/mol. The number of rotatable bonds is 6. The summed E-state index contributed by atoms with van der Waals surface area (Å²) in [5, 5.41) is 7.47. The van der Waals surface area contributed by atoms with Crippen molar-refractivity contribution >= 4 is 43.2 Å². The number of alkyl halides is 2. The molecule has 3 fully saturated rings. The molecule has 2 N–H and O–H groups in total. The summed E-state index contributed by atoms with van der Waals surface area (Å²) in [4.78, 5) is 26.0. The summed E-state index contributed by atoms with van der Waals surface area (Å²) in [5.41, 5.74) is 5.24. The van der Waals surface area contributed by atoms with Crippen molar-refractivity contribution in [3.8, 4) is 5.88 Å². The molecule has 0 aromatic carbocycles. The van der Waals surface area contributed by atoms with Crippen LogP contribution in [0.1, 0.15) is 43.5 Å². The zero-order valence-electron chi connectivity index (χ0n) is 19.3. The number of carbonyl (C=O) groups excluding carboxylic acids is 1. The molecule has 9 nitrogen and oxygen atoms in total. The number of hydrogen-bond donors (Lipinski definition) is 2. The van der Waals surface area contributed by atoms with Crippen LogP contribution in [0, 0.1) is 11.8 Å². The first-order valence-corrected chi connectivity index (χ1v) is 15.7. The van der Waals surface area contributed by atoms with Gasteiger partial charge in [-0.25, -0.2) is 0 Å². The van der Waals surface area contributed by atoms with Crippen molar-refractivity contribution in [3.05, 3.63) is 47.6 Å². The quantitative estimate of drug-likeness (QED) is 0.266. The van der Waals surface area contributed by atoms with Gasteiger partial charge in [0.15, 0.2) is 0 Å². The predicted octanol–water partition coefficient (Wildman–Crippen LogP) is 2.99. The van der Waals surface area contributed by atoms with Gasteiger partial charge in [0.25, 0.3) is 0 Å². The van der Waals surface area contributed by atoms with E-state index in [9.17, 15) is 4.79 Å². The number of aromatic nitrogens is 5. The maximum atomic E-state index is 11.8. The van der Waals surface area contributed by atoms with Gasteiger partial charge in [-0.2, -0.15) is 0 Å². The summed E-state index contributed by atoms with van der Waals surface area (Å²) in [6.45, 7) is 4.03. The minimum atomic E-state index is -1.48. The Morgan fingerprint density at radius 2 is 2.18 bits per heavy atom. The fourth-order valence-corrected chi connectivity index (χ4v) is 11.2. The Morgan fingerprint density at radius 3 is 2.94 bits per heavy atom. The standard InChI is InChI=1S/C24H26IN7O2/c1-4-18(33)30-23(2)10-25(11-23)31-22-28-20-19(21(29-22)34-3)14(7-15-16-8-24(15,16)20)13-5-6-17-26-12-27-32(17)9-13/h5-7,9,12,15-16H,4,8,10-11H2,1-3H3,(H,30,33)(H,28,29,31)/t15-,16-,24?/m1/s1. The number of allylic oxidation sites excluding steroid dienone is 1. The third kappa shape index (κ3) is 2.86. The second kappa shape index (κ2) is 6.89. The molecule has 3 aliphatic carbocycles. The molecule has 4 aliphatic rings. The van der Waals surface area contributed by atoms with Crippen molar-refractivity contribution in [1.82, 2.24) is 29.9 Å². The summed E-state index contributed by atoms with van der Waals surface area (Å²) in [5.74, 6) is 2.65. The van der Waals surface area contributed by atoms with Gasteiger partial charge in [-0.05, 0) is 0 Å². The molecule has 0 bridgehead atoms. The van der Waals surface area contributed by atoms with Gasteiger partial charge in [-0.1, -0.05) is 0 Å². The van der Waals surface area contributed by atoms with E-state index in [1.165, 1.54) is 6.42 Å². The molecule has 3 aromatic heterocycles. The van der Waals surface area contributed by atoms with E-state index in [0.29, 0.717) is 30.1 Å². The molecular formula is C24H26IN7O2. The van der Waals surface area contributed by atoms with Gasteiger partial charge in [0, 0.05) is 0 Å². The summed E-state index contributed by atoms with van der Waals surface area (Å²) in [7, 11) is 1.69. The molecule has 0 radical (unpaired) electrons. The average Bonchev–Trinajstić information content (AvgIpc) is 3.63. The first-order chi connectivity index (χ1) is 16.4. The normalized spacial score (nSPS) is 28.1. The number of amides is 1. The summed E-state index contributed by atoms with van der Waals surface area (Å²) >= 11 is -1.48. The van der Waals surface area contributed by atoms with E-state index in [1.54, 1.807) is 18.0 Å². The van der Waals surface area contributed by atoms with Crippen LogP contribution in [-0.4, -0.2) is 52.0 Å². The number of pyridine rings is 1. The molecule has 2 saturated carbocycles. The fraction of sp³-hybridized carbons (Fsp3) is 0.458. The van der Waals surface area contributed by atoms with Crippen LogP contribution in [0.15, 0.2) is 30.7 Å². The van der Waals surface area contributed by atoms with E-state index in [4.69, 9.17) is 14.7 Å². The van der Waals surface area contributed by atoms with E-state index >= 15 is 0 Å². The first kappa shape index (κ1) is 20.6. The van der Waals surface area contributed by atoms with Gasteiger partial charge >= 0.3 is 205 Å². The van der Waals surface area contributed by atoms with Crippen LogP contribution in [-0.2, 0) is 10.2 Å². The number of fused-ring (bicyclic) bond motifs is 3. The number of hydrogen-bond acceptors (Lipinski definition) is 7. The Kier molecular flexibility index (Phi) is 4.18. The Morgan fingerprint density at radius 1 is 1.32 bits per heavy atom. The number of carbonyl (C=O) groups is 1. The summed E-state index contributed by atoms with van der Waals surface area (Å²) in [6, 6.07) is 4.08. The van der Waals surface area contributed by atoms with Crippen molar-refractivity contribution in [3.63, 3.8) is 0 Å². The molecule has 10 heteroatoms. The predicted molar refractivity (Wildman–Crippen MR) is 136 cm³/mol. The molecule has 34 heavy (non-hydrogen) atoms. The van der Waals surface area contributed by atoms with Crippen molar-refractivity contribution in [2.75, 3.05) is 19.5 Å². The van der Waals surface area contributed by atoms with Gasteiger partial charge in [-0.3, -0.25) is 0 Å². The number of anilines is 1. The molecule has 1 amide bonds. The van der Waals surface area contributed by atoms with Gasteiger partial charge in [-0.15, -0.1) is 0 Å². The summed E-state index contributed by atoms with van der Waals surface area (Å²) in [6.07, 6.45) is 7.69. The molecule has 1 saturated heterocycles. The van der Waals surface area contributed by atoms with Gasteiger partial charge in [0.05, 0.1) is 0 Å². The van der Waals surface area contributed by atoms with Crippen LogP contribution < -0.4 is 13.6 Å². The van der Waals surface area contributed by atoms with Crippen LogP contribution in [0.2, 0.25) is 0 Å². The number of halogens is 1. The van der Waals surface area contributed by atoms with Gasteiger partial charge in [0.1, 0.15) is 0 Å². The van der Waals surface area contributed by atoms with E-state index in [1.807, 2.05) is 19.2 Å². The molecule has 3 atom stereocenters. The van der Waals surface area contributed by atoms with Crippen LogP contribution in [0.4, 0.5) is 5.95 Å². The van der Waals surface area contributed by atoms with E-state index in [-0.39, 0.29) is 16.9 Å². The Labute approximate surface area is 204 Å². The average molecular weight is 571 g/mol. The Balaban J connectivity index is 1.22. The second-order valence-electron chi connectivity index (χ2n) is 10.00. The Bertz CT molecular complexity index is 1400. The van der Waals surface area contributed by atoms with E-state index in [2.05, 4.69) is 38.0 Å². The van der Waals surface area contributed by atoms with E-state index in [0.717, 1.165) is 36.9 Å². The Hall–Kier alpha value is -2.76. The first-order valence-electron chi connectivity index (χ1n) is 11.6. The number of methoxy groups -OCH3 is 1. The molecule has 176 valence electrons. The summed E-state index contributed by atoms with van der Waals surface area (Å²) < 4.78 is 13.3. The van der Waals surface area contributed by atoms with Crippen LogP contribution in [0.3, 0.4) is 0 Å². The topological polar surface area (TPSA) is 106 Å². The van der Waals surface area contributed by atoms with Gasteiger partial charge < -0.3 is 0 Å². The third-order valence-electron chi connectivity index (χ3n) is 7.58. The van der Waals surface area contributed by atoms with Crippen LogP contribution in [0.25, 0.3) is 11.2 Å². The number of ether oxygens (including phenoxy) is 1. The van der Waals surface area contributed by atoms with Crippen LogP contribution in [0.5, 0.6) is 5.88 Å². The molecule has 4 heterocycles. The van der Waals surface area contributed by atoms with Crippen molar-refractivity contribution in [2.24, 2.45) is 11.8 Å². The second-order valence-corrected chi connectivity index (χ2v) is 14.7. The van der Waals surface area contributed by atoms with Crippen molar-refractivity contribution in [1.29, 1.82) is 0 Å². The van der Waals surface area contributed by atoms with Crippen LogP contribution >= 0.6 is 20.1 Å². The SMILES string of the molecule is CCC(=O)NC1(C)CI(Nc2nc(OC)c3c(n2)C24C[C@@H]2[C@H]4C=C3c2ccc3ncnn3c2)C1. The van der Waals surface area contributed by atoms with Gasteiger partial charge in [0.2, 0.25) is 0 Å². The number of nitrogens with zero attached hydrogens (tertiary/aromatic N) is 5. The molecule has 1 spiro atoms. The molecule has 1 aliphatic heterocycles.